The number of pyridine rings is 1. The lowest BCUT2D eigenvalue weighted by atomic mass is 10.1. The number of nitrogens with zero attached hydrogens (tertiary/aromatic N) is 3. The van der Waals surface area contributed by atoms with Gasteiger partial charge in [0.05, 0.1) is 15.7 Å². The Labute approximate surface area is 117 Å². The molecule has 2 aliphatic rings. The molecule has 1 aromatic rings. The van der Waals surface area contributed by atoms with Crippen molar-refractivity contribution in [2.75, 3.05) is 30.3 Å². The minimum Gasteiger partial charge on any atom is -0.350 e. The number of rotatable bonds is 1. The van der Waals surface area contributed by atoms with Gasteiger partial charge in [0.15, 0.2) is 0 Å². The number of anilines is 1. The number of fused-ring (bicyclic) bond motifs is 3. The summed E-state index contributed by atoms with van der Waals surface area (Å²) < 4.78 is 12.3. The van der Waals surface area contributed by atoms with E-state index in [0.717, 1.165) is 42.5 Å². The zero-order valence-corrected chi connectivity index (χ0v) is 12.4. The molecule has 104 valence electrons. The van der Waals surface area contributed by atoms with Crippen molar-refractivity contribution in [1.29, 1.82) is 0 Å². The molecule has 2 aliphatic heterocycles. The van der Waals surface area contributed by atoms with Crippen molar-refractivity contribution in [3.05, 3.63) is 18.3 Å². The Morgan fingerprint density at radius 2 is 2.26 bits per heavy atom. The molecule has 0 aromatic carbocycles. The van der Waals surface area contributed by atoms with Crippen molar-refractivity contribution < 1.29 is 4.21 Å². The summed E-state index contributed by atoms with van der Waals surface area (Å²) in [6.45, 7) is 7.61. The van der Waals surface area contributed by atoms with Crippen LogP contribution in [0.4, 0.5) is 5.82 Å². The van der Waals surface area contributed by atoms with Crippen LogP contribution in [-0.2, 0) is 10.8 Å². The van der Waals surface area contributed by atoms with Gasteiger partial charge in [-0.1, -0.05) is 0 Å². The van der Waals surface area contributed by atoms with Crippen molar-refractivity contribution in [3.8, 4) is 0 Å². The third kappa shape index (κ3) is 2.41. The molecule has 5 heteroatoms. The fourth-order valence-electron chi connectivity index (χ4n) is 3.00. The van der Waals surface area contributed by atoms with Gasteiger partial charge in [-0.05, 0) is 32.4 Å². The van der Waals surface area contributed by atoms with E-state index in [1.165, 1.54) is 0 Å². The Morgan fingerprint density at radius 1 is 1.42 bits per heavy atom. The van der Waals surface area contributed by atoms with Gasteiger partial charge in [0.25, 0.3) is 0 Å². The van der Waals surface area contributed by atoms with Crippen LogP contribution >= 0.6 is 0 Å². The van der Waals surface area contributed by atoms with Gasteiger partial charge >= 0.3 is 0 Å². The van der Waals surface area contributed by atoms with Crippen LogP contribution in [0, 0.1) is 0 Å². The van der Waals surface area contributed by atoms with E-state index >= 15 is 0 Å². The minimum absolute atomic E-state index is 0.455. The van der Waals surface area contributed by atoms with Gasteiger partial charge < -0.3 is 4.90 Å². The predicted molar refractivity (Wildman–Crippen MR) is 78.0 cm³/mol. The van der Waals surface area contributed by atoms with E-state index in [0.29, 0.717) is 12.1 Å². The maximum absolute atomic E-state index is 12.3. The molecule has 0 spiro atoms. The number of piperazine rings is 1. The second-order valence-electron chi connectivity index (χ2n) is 5.60. The first kappa shape index (κ1) is 13.1. The van der Waals surface area contributed by atoms with E-state index in [2.05, 4.69) is 28.6 Å². The highest BCUT2D eigenvalue weighted by Gasteiger charge is 2.33. The molecule has 0 saturated carbocycles. The number of hydrogen-bond donors (Lipinski definition) is 0. The van der Waals surface area contributed by atoms with Gasteiger partial charge in [0, 0.05) is 43.7 Å². The van der Waals surface area contributed by atoms with Crippen molar-refractivity contribution in [2.45, 2.75) is 37.2 Å². The summed E-state index contributed by atoms with van der Waals surface area (Å²) in [7, 11) is -0.894. The fraction of sp³-hybridized carbons (Fsp3) is 0.643. The topological polar surface area (TPSA) is 36.4 Å². The zero-order chi connectivity index (χ0) is 13.4. The highest BCUT2D eigenvalue weighted by atomic mass is 32.2. The summed E-state index contributed by atoms with van der Waals surface area (Å²) in [5.74, 6) is 1.71. The Bertz CT molecular complexity index is 491. The highest BCUT2D eigenvalue weighted by molar-refractivity contribution is 7.85. The van der Waals surface area contributed by atoms with Crippen LogP contribution in [0.2, 0.25) is 0 Å². The first-order valence-corrected chi connectivity index (χ1v) is 8.33. The normalized spacial score (nSPS) is 27.8. The molecule has 1 fully saturated rings. The Kier molecular flexibility index (Phi) is 3.58. The van der Waals surface area contributed by atoms with Gasteiger partial charge in [-0.3, -0.25) is 9.11 Å². The second kappa shape index (κ2) is 5.21. The molecule has 19 heavy (non-hydrogen) atoms. The van der Waals surface area contributed by atoms with Crippen molar-refractivity contribution in [3.63, 3.8) is 0 Å². The van der Waals surface area contributed by atoms with Gasteiger partial charge in [0.1, 0.15) is 5.82 Å². The zero-order valence-electron chi connectivity index (χ0n) is 11.6. The summed E-state index contributed by atoms with van der Waals surface area (Å²) in [5, 5.41) is 0. The molecule has 3 heterocycles. The summed E-state index contributed by atoms with van der Waals surface area (Å²) in [5.41, 5.74) is 0. The molecule has 3 rings (SSSR count). The SMILES string of the molecule is CC(C)N1CCN2c3ncccc3S(=O)CC[C@@H]2C1. The average Bonchev–Trinajstić information content (AvgIpc) is 2.57. The molecule has 0 N–H and O–H groups in total. The Hall–Kier alpha value is -0.940. The molecule has 2 atom stereocenters. The van der Waals surface area contributed by atoms with Crippen molar-refractivity contribution in [1.82, 2.24) is 9.88 Å². The molecule has 1 unspecified atom stereocenters. The lowest BCUT2D eigenvalue weighted by Crippen LogP contribution is -2.55. The predicted octanol–water partition coefficient (Wildman–Crippen LogP) is 1.49. The molecule has 0 bridgehead atoms. The van der Waals surface area contributed by atoms with E-state index in [4.69, 9.17) is 0 Å². The van der Waals surface area contributed by atoms with Gasteiger partial charge in [-0.15, -0.1) is 0 Å². The van der Waals surface area contributed by atoms with Crippen LogP contribution in [0.3, 0.4) is 0 Å². The van der Waals surface area contributed by atoms with Gasteiger partial charge in [-0.25, -0.2) is 4.98 Å². The molecule has 0 aliphatic carbocycles. The third-order valence-corrected chi connectivity index (χ3v) is 5.56. The average molecular weight is 279 g/mol. The summed E-state index contributed by atoms with van der Waals surface area (Å²) in [6.07, 6.45) is 2.80. The quantitative estimate of drug-likeness (QED) is 0.780. The summed E-state index contributed by atoms with van der Waals surface area (Å²) in [6, 6.07) is 4.90. The molecular weight excluding hydrogens is 258 g/mol. The number of aromatic nitrogens is 1. The maximum Gasteiger partial charge on any atom is 0.145 e. The van der Waals surface area contributed by atoms with Gasteiger partial charge in [0.2, 0.25) is 0 Å². The van der Waals surface area contributed by atoms with E-state index in [1.807, 2.05) is 18.3 Å². The minimum atomic E-state index is -0.894. The lowest BCUT2D eigenvalue weighted by Gasteiger charge is -2.43. The third-order valence-electron chi connectivity index (χ3n) is 4.15. The molecule has 1 saturated heterocycles. The van der Waals surface area contributed by atoms with Crippen molar-refractivity contribution >= 4 is 16.6 Å². The first-order valence-electron chi connectivity index (χ1n) is 7.01. The first-order chi connectivity index (χ1) is 9.16. The molecule has 4 nitrogen and oxygen atoms in total. The lowest BCUT2D eigenvalue weighted by molar-refractivity contribution is 0.178. The summed E-state index contributed by atoms with van der Waals surface area (Å²) in [4.78, 5) is 10.3. The molecular formula is C14H21N3OS. The number of hydrogen-bond acceptors (Lipinski definition) is 4. The smallest absolute Gasteiger partial charge is 0.145 e. The highest BCUT2D eigenvalue weighted by Crippen LogP contribution is 2.30. The fourth-order valence-corrected chi connectivity index (χ4v) is 4.31. The van der Waals surface area contributed by atoms with Crippen LogP contribution in [0.1, 0.15) is 20.3 Å². The van der Waals surface area contributed by atoms with E-state index in [9.17, 15) is 4.21 Å². The van der Waals surface area contributed by atoms with Crippen LogP contribution in [0.15, 0.2) is 23.2 Å². The molecule has 0 radical (unpaired) electrons. The van der Waals surface area contributed by atoms with E-state index < -0.39 is 10.8 Å². The van der Waals surface area contributed by atoms with E-state index in [-0.39, 0.29) is 0 Å². The largest absolute Gasteiger partial charge is 0.350 e. The molecule has 1 aromatic heterocycles. The van der Waals surface area contributed by atoms with Gasteiger partial charge in [-0.2, -0.15) is 0 Å². The van der Waals surface area contributed by atoms with Crippen LogP contribution in [0.5, 0.6) is 0 Å². The van der Waals surface area contributed by atoms with E-state index in [1.54, 1.807) is 0 Å². The summed E-state index contributed by atoms with van der Waals surface area (Å²) >= 11 is 0. The Balaban J connectivity index is 1.92. The van der Waals surface area contributed by atoms with Crippen LogP contribution < -0.4 is 4.90 Å². The molecule has 0 amide bonds. The second-order valence-corrected chi connectivity index (χ2v) is 7.14. The standard InChI is InChI=1S/C14H21N3OS/c1-11(2)16-7-8-17-12(10-16)5-9-19(18)13-4-3-6-15-14(13)17/h3-4,6,11-12H,5,7-10H2,1-2H3/t12-,19?/m1/s1. The van der Waals surface area contributed by atoms with Crippen LogP contribution in [0.25, 0.3) is 0 Å². The monoisotopic (exact) mass is 279 g/mol. The Morgan fingerprint density at radius 3 is 3.05 bits per heavy atom. The maximum atomic E-state index is 12.3. The van der Waals surface area contributed by atoms with Crippen LogP contribution in [-0.4, -0.2) is 51.6 Å². The van der Waals surface area contributed by atoms with Crippen molar-refractivity contribution in [2.24, 2.45) is 0 Å².